The maximum absolute atomic E-state index is 11.0. The Hall–Kier alpha value is 0.170. The molecular weight excluding hydrogens is 309 g/mol. The Labute approximate surface area is 172 Å². The van der Waals surface area contributed by atoms with Gasteiger partial charge in [0.25, 0.3) is 0 Å². The zero-order valence-electron chi connectivity index (χ0n) is 16.1. The second-order valence-electron chi connectivity index (χ2n) is 7.79. The van der Waals surface area contributed by atoms with Crippen LogP contribution < -0.4 is 5.90 Å². The van der Waals surface area contributed by atoms with Gasteiger partial charge in [-0.05, 0) is 37.5 Å². The fourth-order valence-corrected chi connectivity index (χ4v) is 3.01. The molecule has 3 nitrogen and oxygen atoms in total. The third kappa shape index (κ3) is 17.0. The van der Waals surface area contributed by atoms with Gasteiger partial charge in [0.15, 0.2) is 0 Å². The molecule has 0 amide bonds. The van der Waals surface area contributed by atoms with E-state index in [1.54, 1.807) is 0 Å². The van der Waals surface area contributed by atoms with Gasteiger partial charge in [0.05, 0.1) is 0 Å². The molecule has 0 saturated carbocycles. The van der Waals surface area contributed by atoms with E-state index in [1.807, 2.05) is 6.92 Å². The number of allylic oxidation sites excluding steroid dienone is 1. The Morgan fingerprint density at radius 1 is 0.917 bits per heavy atom. The number of hydrogen-bond acceptors (Lipinski definition) is 3. The molecule has 2 N–H and O–H groups in total. The molecule has 0 bridgehead atoms. The normalized spacial score (nSPS) is 14.2. The van der Waals surface area contributed by atoms with Crippen LogP contribution in [0.15, 0.2) is 11.6 Å². The van der Waals surface area contributed by atoms with Crippen molar-refractivity contribution in [3.05, 3.63) is 11.6 Å². The van der Waals surface area contributed by atoms with Crippen LogP contribution in [-0.4, -0.2) is 35.5 Å². The topological polar surface area (TPSA) is 52.3 Å². The molecule has 0 radical (unpaired) electrons. The van der Waals surface area contributed by atoms with Crippen molar-refractivity contribution in [2.24, 2.45) is 23.7 Å². The van der Waals surface area contributed by atoms with Gasteiger partial charge in [-0.25, -0.2) is 4.79 Å². The van der Waals surface area contributed by atoms with Crippen LogP contribution in [-0.2, 0) is 9.63 Å². The van der Waals surface area contributed by atoms with E-state index in [0.29, 0.717) is 0 Å². The van der Waals surface area contributed by atoms with E-state index in [-0.39, 0.29) is 29.6 Å². The Bertz CT molecular complexity index is 343. The Kier molecular flexibility index (Phi) is 18.3. The molecule has 0 fully saturated rings. The Balaban J connectivity index is 0. The standard InChI is InChI=1S/C20H39NO2.Na.H/c1-16(2)9-6-10-17(3)11-7-12-18(4)13-8-14-19(5)15-20(22)23-21;;/h15-18H,6-14,21H2,1-5H3;;/b19-15+;;/t17-,18-;;/m1../s1. The molecule has 0 aliphatic carbocycles. The second kappa shape index (κ2) is 16.6. The molecule has 24 heavy (non-hydrogen) atoms. The zero-order valence-corrected chi connectivity index (χ0v) is 16.1. The minimum atomic E-state index is -0.456. The quantitative estimate of drug-likeness (QED) is 0.284. The van der Waals surface area contributed by atoms with Gasteiger partial charge in [0, 0.05) is 6.08 Å². The van der Waals surface area contributed by atoms with Crippen LogP contribution in [0.2, 0.25) is 0 Å². The molecule has 2 atom stereocenters. The molecule has 0 rings (SSSR count). The van der Waals surface area contributed by atoms with Crippen molar-refractivity contribution >= 4 is 35.5 Å². The molecule has 0 aromatic heterocycles. The van der Waals surface area contributed by atoms with E-state index in [9.17, 15) is 4.79 Å². The van der Waals surface area contributed by atoms with Crippen LogP contribution in [0, 0.1) is 17.8 Å². The molecule has 0 spiro atoms. The van der Waals surface area contributed by atoms with Crippen molar-refractivity contribution in [1.82, 2.24) is 0 Å². The summed E-state index contributed by atoms with van der Waals surface area (Å²) in [6.45, 7) is 11.3. The van der Waals surface area contributed by atoms with Gasteiger partial charge in [-0.1, -0.05) is 78.2 Å². The zero-order chi connectivity index (χ0) is 17.7. The van der Waals surface area contributed by atoms with Crippen molar-refractivity contribution in [3.8, 4) is 0 Å². The summed E-state index contributed by atoms with van der Waals surface area (Å²) in [5.41, 5.74) is 1.05. The first kappa shape index (κ1) is 26.4. The van der Waals surface area contributed by atoms with Crippen molar-refractivity contribution in [3.63, 3.8) is 0 Å². The Morgan fingerprint density at radius 2 is 1.38 bits per heavy atom. The molecule has 0 unspecified atom stereocenters. The molecule has 0 aliphatic heterocycles. The SMILES string of the molecule is C/C(=C\C(=O)ON)CCC[C@H](C)CCC[C@H](C)CCCC(C)C.[NaH]. The Morgan fingerprint density at radius 3 is 1.83 bits per heavy atom. The van der Waals surface area contributed by atoms with Crippen molar-refractivity contribution in [2.45, 2.75) is 92.4 Å². The number of rotatable bonds is 13. The summed E-state index contributed by atoms with van der Waals surface area (Å²) >= 11 is 0. The average molecular weight is 350 g/mol. The van der Waals surface area contributed by atoms with Gasteiger partial charge < -0.3 is 4.84 Å². The monoisotopic (exact) mass is 349 g/mol. The fourth-order valence-electron chi connectivity index (χ4n) is 3.01. The van der Waals surface area contributed by atoms with Gasteiger partial charge in [0.2, 0.25) is 0 Å². The summed E-state index contributed by atoms with van der Waals surface area (Å²) < 4.78 is 0. The van der Waals surface area contributed by atoms with Crippen LogP contribution in [0.5, 0.6) is 0 Å². The minimum absolute atomic E-state index is 0. The van der Waals surface area contributed by atoms with E-state index in [2.05, 4.69) is 32.5 Å². The molecular formula is C20H40NNaO2. The molecule has 138 valence electrons. The van der Waals surface area contributed by atoms with Gasteiger partial charge in [-0.2, -0.15) is 5.90 Å². The first-order chi connectivity index (χ1) is 10.8. The first-order valence-electron chi connectivity index (χ1n) is 9.43. The number of carbonyl (C=O) groups excluding carboxylic acids is 1. The number of carbonyl (C=O) groups is 1. The fraction of sp³-hybridized carbons (Fsp3) is 0.850. The summed E-state index contributed by atoms with van der Waals surface area (Å²) in [5.74, 6) is 6.85. The second-order valence-corrected chi connectivity index (χ2v) is 7.79. The van der Waals surface area contributed by atoms with Gasteiger partial charge in [0.1, 0.15) is 0 Å². The van der Waals surface area contributed by atoms with E-state index < -0.39 is 5.97 Å². The maximum atomic E-state index is 11.0. The summed E-state index contributed by atoms with van der Waals surface area (Å²) in [6.07, 6.45) is 13.0. The molecule has 0 aromatic carbocycles. The third-order valence-corrected chi connectivity index (χ3v) is 4.62. The van der Waals surface area contributed by atoms with Crippen molar-refractivity contribution in [1.29, 1.82) is 0 Å². The van der Waals surface area contributed by atoms with Crippen LogP contribution in [0.3, 0.4) is 0 Å². The molecule has 0 aromatic rings. The van der Waals surface area contributed by atoms with Gasteiger partial charge in [-0.3, -0.25) is 0 Å². The average Bonchev–Trinajstić information content (AvgIpc) is 2.46. The number of nitrogens with two attached hydrogens (primary N) is 1. The predicted molar refractivity (Wildman–Crippen MR) is 106 cm³/mol. The predicted octanol–water partition coefficient (Wildman–Crippen LogP) is 5.14. The number of hydrogen-bond donors (Lipinski definition) is 1. The van der Waals surface area contributed by atoms with Crippen LogP contribution in [0.4, 0.5) is 0 Å². The molecule has 0 saturated heterocycles. The summed E-state index contributed by atoms with van der Waals surface area (Å²) in [5, 5.41) is 0. The van der Waals surface area contributed by atoms with Gasteiger partial charge in [-0.15, -0.1) is 0 Å². The van der Waals surface area contributed by atoms with E-state index in [1.165, 1.54) is 51.0 Å². The first-order valence-corrected chi connectivity index (χ1v) is 9.43. The van der Waals surface area contributed by atoms with E-state index in [0.717, 1.165) is 36.2 Å². The van der Waals surface area contributed by atoms with Crippen LogP contribution in [0.1, 0.15) is 92.4 Å². The van der Waals surface area contributed by atoms with Crippen LogP contribution >= 0.6 is 0 Å². The van der Waals surface area contributed by atoms with Crippen LogP contribution in [0.25, 0.3) is 0 Å². The summed E-state index contributed by atoms with van der Waals surface area (Å²) in [6, 6.07) is 0. The molecule has 4 heteroatoms. The summed E-state index contributed by atoms with van der Waals surface area (Å²) in [4.78, 5) is 15.2. The van der Waals surface area contributed by atoms with E-state index in [4.69, 9.17) is 5.90 Å². The van der Waals surface area contributed by atoms with Crippen molar-refractivity contribution < 1.29 is 9.63 Å². The third-order valence-electron chi connectivity index (χ3n) is 4.62. The van der Waals surface area contributed by atoms with E-state index >= 15 is 0 Å². The molecule has 0 aliphatic rings. The molecule has 0 heterocycles. The summed E-state index contributed by atoms with van der Waals surface area (Å²) in [7, 11) is 0. The van der Waals surface area contributed by atoms with Crippen molar-refractivity contribution in [2.75, 3.05) is 0 Å². The van der Waals surface area contributed by atoms with Gasteiger partial charge >= 0.3 is 35.5 Å².